The van der Waals surface area contributed by atoms with E-state index in [9.17, 15) is 21.6 Å². The zero-order valence-corrected chi connectivity index (χ0v) is 20.5. The molecule has 2 aromatic carbocycles. The van der Waals surface area contributed by atoms with Crippen molar-refractivity contribution in [2.45, 2.75) is 49.8 Å². The molecule has 32 heavy (non-hydrogen) atoms. The van der Waals surface area contributed by atoms with Crippen LogP contribution in [0, 0.1) is 13.8 Å². The van der Waals surface area contributed by atoms with Crippen LogP contribution in [0.25, 0.3) is 0 Å². The molecule has 0 bridgehead atoms. The number of anilines is 1. The predicted octanol–water partition coefficient (Wildman–Crippen LogP) is 2.52. The Morgan fingerprint density at radius 3 is 2.19 bits per heavy atom. The lowest BCUT2D eigenvalue weighted by atomic mass is 9.85. The van der Waals surface area contributed by atoms with E-state index in [4.69, 9.17) is 0 Å². The maximum absolute atomic E-state index is 13.2. The van der Waals surface area contributed by atoms with Crippen LogP contribution in [-0.4, -0.2) is 46.7 Å². The Labute approximate surface area is 190 Å². The first-order valence-electron chi connectivity index (χ1n) is 10.2. The molecule has 0 saturated carbocycles. The summed E-state index contributed by atoms with van der Waals surface area (Å²) in [5, 5.41) is 2.58. The van der Waals surface area contributed by atoms with Gasteiger partial charge >= 0.3 is 0 Å². The van der Waals surface area contributed by atoms with E-state index in [-0.39, 0.29) is 46.4 Å². The second kappa shape index (κ2) is 8.49. The maximum atomic E-state index is 13.2. The van der Waals surface area contributed by atoms with E-state index in [1.54, 1.807) is 13.8 Å². The minimum atomic E-state index is -3.96. The van der Waals surface area contributed by atoms with E-state index in [0.29, 0.717) is 11.1 Å². The second-order valence-corrected chi connectivity index (χ2v) is 12.6. The highest BCUT2D eigenvalue weighted by Crippen LogP contribution is 2.30. The molecule has 0 radical (unpaired) electrons. The number of rotatable bonds is 5. The van der Waals surface area contributed by atoms with Gasteiger partial charge in [0.05, 0.1) is 22.0 Å². The molecule has 0 aromatic heterocycles. The fraction of sp³-hybridized carbons (Fsp3) is 0.409. The van der Waals surface area contributed by atoms with Gasteiger partial charge in [-0.25, -0.2) is 16.8 Å². The van der Waals surface area contributed by atoms with E-state index in [0.717, 1.165) is 9.87 Å². The number of amides is 1. The first kappa shape index (κ1) is 24.2. The molecule has 1 saturated heterocycles. The molecule has 2 aromatic rings. The van der Waals surface area contributed by atoms with Gasteiger partial charge in [0.25, 0.3) is 10.0 Å². The topological polar surface area (TPSA) is 113 Å². The second-order valence-electron chi connectivity index (χ2n) is 9.01. The monoisotopic (exact) mass is 479 g/mol. The van der Waals surface area contributed by atoms with Gasteiger partial charge in [-0.3, -0.25) is 9.52 Å². The molecule has 1 heterocycles. The molecule has 1 aliphatic rings. The molecule has 0 spiro atoms. The summed E-state index contributed by atoms with van der Waals surface area (Å²) in [4.78, 5) is 11.7. The van der Waals surface area contributed by atoms with Crippen molar-refractivity contribution in [3.05, 3.63) is 53.1 Å². The minimum absolute atomic E-state index is 0.0797. The molecule has 174 valence electrons. The molecule has 1 amide bonds. The number of benzene rings is 2. The van der Waals surface area contributed by atoms with Crippen LogP contribution in [0.2, 0.25) is 0 Å². The van der Waals surface area contributed by atoms with Gasteiger partial charge in [0.1, 0.15) is 0 Å². The van der Waals surface area contributed by atoms with Crippen LogP contribution in [0.15, 0.2) is 46.2 Å². The summed E-state index contributed by atoms with van der Waals surface area (Å²) < 4.78 is 55.8. The Morgan fingerprint density at radius 2 is 1.62 bits per heavy atom. The van der Waals surface area contributed by atoms with Gasteiger partial charge in [-0.2, -0.15) is 4.31 Å². The molecule has 1 fully saturated rings. The van der Waals surface area contributed by atoms with Crippen molar-refractivity contribution >= 4 is 31.6 Å². The number of nitrogens with one attached hydrogen (secondary N) is 2. The number of hydrogen-bond donors (Lipinski definition) is 2. The lowest BCUT2D eigenvalue weighted by Crippen LogP contribution is -2.49. The molecule has 10 heteroatoms. The normalized spacial score (nSPS) is 16.0. The van der Waals surface area contributed by atoms with E-state index in [1.807, 2.05) is 12.1 Å². The molecule has 0 aliphatic carbocycles. The fourth-order valence-electron chi connectivity index (χ4n) is 3.70. The Kier molecular flexibility index (Phi) is 6.43. The van der Waals surface area contributed by atoms with Gasteiger partial charge in [0.2, 0.25) is 15.9 Å². The van der Waals surface area contributed by atoms with Crippen molar-refractivity contribution in [1.82, 2.24) is 9.62 Å². The average Bonchev–Trinajstić information content (AvgIpc) is 2.66. The third-order valence-electron chi connectivity index (χ3n) is 5.32. The SMILES string of the molecule is Cc1cc(C(C)(C)C)cc(C)c1S(=O)(=O)Nc1cccc(S(=O)(=O)N2CCNC(=O)C2)c1. The molecule has 3 rings (SSSR count). The lowest BCUT2D eigenvalue weighted by molar-refractivity contribution is -0.122. The van der Waals surface area contributed by atoms with E-state index >= 15 is 0 Å². The molecule has 0 atom stereocenters. The minimum Gasteiger partial charge on any atom is -0.354 e. The van der Waals surface area contributed by atoms with E-state index in [1.165, 1.54) is 24.3 Å². The number of carbonyl (C=O) groups is 1. The van der Waals surface area contributed by atoms with Gasteiger partial charge < -0.3 is 5.32 Å². The third kappa shape index (κ3) is 4.97. The van der Waals surface area contributed by atoms with Crippen LogP contribution in [0.1, 0.15) is 37.5 Å². The highest BCUT2D eigenvalue weighted by atomic mass is 32.2. The standard InChI is InChI=1S/C22H29N3O5S2/c1-15-11-17(22(3,4)5)12-16(2)21(15)31(27,28)24-18-7-6-8-19(13-18)32(29,30)25-10-9-23-20(26)14-25/h6-8,11-13,24H,9-10,14H2,1-5H3,(H,23,26). The number of hydrogen-bond acceptors (Lipinski definition) is 5. The summed E-state index contributed by atoms with van der Waals surface area (Å²) in [5.41, 5.74) is 2.27. The number of piperazine rings is 1. The van der Waals surface area contributed by atoms with Gasteiger partial charge in [0, 0.05) is 13.1 Å². The summed E-state index contributed by atoms with van der Waals surface area (Å²) in [6.45, 7) is 9.80. The first-order valence-corrected chi connectivity index (χ1v) is 13.2. The molecular formula is C22H29N3O5S2. The van der Waals surface area contributed by atoms with Crippen molar-refractivity contribution < 1.29 is 21.6 Å². The third-order valence-corrected chi connectivity index (χ3v) is 8.85. The predicted molar refractivity (Wildman–Crippen MR) is 124 cm³/mol. The first-order chi connectivity index (χ1) is 14.7. The lowest BCUT2D eigenvalue weighted by Gasteiger charge is -2.26. The van der Waals surface area contributed by atoms with Crippen molar-refractivity contribution in [2.75, 3.05) is 24.4 Å². The van der Waals surface area contributed by atoms with Crippen molar-refractivity contribution in [1.29, 1.82) is 0 Å². The van der Waals surface area contributed by atoms with Crippen LogP contribution in [-0.2, 0) is 30.3 Å². The van der Waals surface area contributed by atoms with Crippen molar-refractivity contribution in [3.8, 4) is 0 Å². The summed E-state index contributed by atoms with van der Waals surface area (Å²) in [7, 11) is -7.89. The molecule has 1 aliphatic heterocycles. The van der Waals surface area contributed by atoms with E-state index in [2.05, 4.69) is 30.8 Å². The summed E-state index contributed by atoms with van der Waals surface area (Å²) in [6, 6.07) is 9.35. The summed E-state index contributed by atoms with van der Waals surface area (Å²) in [6.07, 6.45) is 0. The molecule has 8 nitrogen and oxygen atoms in total. The van der Waals surface area contributed by atoms with Gasteiger partial charge in [-0.15, -0.1) is 0 Å². The number of nitrogens with zero attached hydrogens (tertiary/aromatic N) is 1. The van der Waals surface area contributed by atoms with Crippen LogP contribution in [0.3, 0.4) is 0 Å². The average molecular weight is 480 g/mol. The zero-order valence-electron chi connectivity index (χ0n) is 18.9. The molecular weight excluding hydrogens is 450 g/mol. The molecule has 0 unspecified atom stereocenters. The number of sulfonamides is 2. The van der Waals surface area contributed by atoms with Crippen molar-refractivity contribution in [3.63, 3.8) is 0 Å². The smallest absolute Gasteiger partial charge is 0.262 e. The van der Waals surface area contributed by atoms with Crippen LogP contribution < -0.4 is 10.0 Å². The highest BCUT2D eigenvalue weighted by Gasteiger charge is 2.30. The fourth-order valence-corrected chi connectivity index (χ4v) is 6.65. The Morgan fingerprint density at radius 1 is 1.00 bits per heavy atom. The number of carbonyl (C=O) groups excluding carboxylic acids is 1. The maximum Gasteiger partial charge on any atom is 0.262 e. The summed E-state index contributed by atoms with van der Waals surface area (Å²) >= 11 is 0. The zero-order chi connectivity index (χ0) is 23.9. The molecule has 2 N–H and O–H groups in total. The van der Waals surface area contributed by atoms with Crippen LogP contribution >= 0.6 is 0 Å². The van der Waals surface area contributed by atoms with Crippen LogP contribution in [0.4, 0.5) is 5.69 Å². The van der Waals surface area contributed by atoms with Gasteiger partial charge in [-0.05, 0) is 54.2 Å². The van der Waals surface area contributed by atoms with Crippen LogP contribution in [0.5, 0.6) is 0 Å². The highest BCUT2D eigenvalue weighted by molar-refractivity contribution is 7.92. The Hall–Kier alpha value is -2.43. The van der Waals surface area contributed by atoms with E-state index < -0.39 is 20.0 Å². The Balaban J connectivity index is 1.94. The number of aryl methyl sites for hydroxylation is 2. The van der Waals surface area contributed by atoms with Gasteiger partial charge in [-0.1, -0.05) is 39.0 Å². The van der Waals surface area contributed by atoms with Crippen molar-refractivity contribution in [2.24, 2.45) is 0 Å². The quantitative estimate of drug-likeness (QED) is 0.684. The Bertz CT molecular complexity index is 1240. The summed E-state index contributed by atoms with van der Waals surface area (Å²) in [5.74, 6) is -0.374. The van der Waals surface area contributed by atoms with Gasteiger partial charge in [0.15, 0.2) is 0 Å². The largest absolute Gasteiger partial charge is 0.354 e.